The molecule has 1 aliphatic carbocycles. The Kier molecular flexibility index (Phi) is 8.85. The molecular formula is C25H45N5O4. The molecule has 9 heteroatoms. The first-order valence-electron chi connectivity index (χ1n) is 13.4. The van der Waals surface area contributed by atoms with Gasteiger partial charge in [0.25, 0.3) is 0 Å². The molecule has 4 aliphatic rings. The Morgan fingerprint density at radius 2 is 1.85 bits per heavy atom. The Morgan fingerprint density at radius 1 is 1.12 bits per heavy atom. The van der Waals surface area contributed by atoms with Gasteiger partial charge >= 0.3 is 6.03 Å². The zero-order chi connectivity index (χ0) is 24.1. The Balaban J connectivity index is 1.33. The van der Waals surface area contributed by atoms with E-state index in [-0.39, 0.29) is 17.9 Å². The molecule has 3 heterocycles. The van der Waals surface area contributed by atoms with Crippen LogP contribution in [0.4, 0.5) is 4.79 Å². The monoisotopic (exact) mass is 479 g/mol. The third kappa shape index (κ3) is 6.10. The molecule has 3 saturated heterocycles. The Labute approximate surface area is 205 Å². The molecule has 1 saturated carbocycles. The van der Waals surface area contributed by atoms with Crippen LogP contribution in [-0.2, 0) is 14.3 Å². The number of likely N-dealkylation sites (tertiary alicyclic amines) is 1. The number of imide groups is 1. The first-order chi connectivity index (χ1) is 16.4. The lowest BCUT2D eigenvalue weighted by Crippen LogP contribution is -2.57. The number of nitrogens with zero attached hydrogens (tertiary/aromatic N) is 4. The molecule has 4 fully saturated rings. The number of piperazine rings is 1. The minimum atomic E-state index is -0.449. The van der Waals surface area contributed by atoms with Gasteiger partial charge in [0.1, 0.15) is 0 Å². The Morgan fingerprint density at radius 3 is 2.56 bits per heavy atom. The van der Waals surface area contributed by atoms with E-state index in [1.807, 2.05) is 0 Å². The summed E-state index contributed by atoms with van der Waals surface area (Å²) in [6, 6.07) is 0.226. The van der Waals surface area contributed by atoms with Crippen LogP contribution in [0.2, 0.25) is 0 Å². The molecule has 34 heavy (non-hydrogen) atoms. The Bertz CT molecular complexity index is 693. The smallest absolute Gasteiger partial charge is 0.324 e. The number of hydrogen-bond acceptors (Lipinski definition) is 7. The first-order valence-corrected chi connectivity index (χ1v) is 13.4. The van der Waals surface area contributed by atoms with E-state index >= 15 is 0 Å². The van der Waals surface area contributed by atoms with Crippen molar-refractivity contribution in [2.24, 2.45) is 11.8 Å². The fourth-order valence-corrected chi connectivity index (χ4v) is 6.26. The number of rotatable bonds is 7. The molecule has 1 spiro atoms. The summed E-state index contributed by atoms with van der Waals surface area (Å²) < 4.78 is 12.0. The summed E-state index contributed by atoms with van der Waals surface area (Å²) in [7, 11) is 4.26. The van der Waals surface area contributed by atoms with Gasteiger partial charge < -0.3 is 24.6 Å². The number of ether oxygens (including phenoxy) is 2. The third-order valence-corrected chi connectivity index (χ3v) is 8.31. The van der Waals surface area contributed by atoms with E-state index in [4.69, 9.17) is 9.47 Å². The fraction of sp³-hybridized carbons (Fsp3) is 0.920. The van der Waals surface area contributed by atoms with Gasteiger partial charge in [0.2, 0.25) is 5.91 Å². The van der Waals surface area contributed by atoms with Crippen molar-refractivity contribution >= 4 is 11.9 Å². The summed E-state index contributed by atoms with van der Waals surface area (Å²) in [5, 5.41) is 3.03. The normalized spacial score (nSPS) is 30.3. The summed E-state index contributed by atoms with van der Waals surface area (Å²) in [5.74, 6) is -0.283. The van der Waals surface area contributed by atoms with Crippen LogP contribution in [0.1, 0.15) is 45.4 Å². The molecule has 0 unspecified atom stereocenters. The molecule has 9 nitrogen and oxygen atoms in total. The topological polar surface area (TPSA) is 77.6 Å². The molecule has 1 N–H and O–H groups in total. The van der Waals surface area contributed by atoms with Crippen molar-refractivity contribution < 1.29 is 19.1 Å². The van der Waals surface area contributed by atoms with Gasteiger partial charge in [-0.15, -0.1) is 0 Å². The third-order valence-electron chi connectivity index (χ3n) is 8.31. The number of carbonyl (C=O) groups is 2. The van der Waals surface area contributed by atoms with Crippen molar-refractivity contribution in [2.75, 3.05) is 79.7 Å². The minimum absolute atomic E-state index is 0.0243. The highest BCUT2D eigenvalue weighted by molar-refractivity contribution is 5.95. The molecule has 3 amide bonds. The van der Waals surface area contributed by atoms with E-state index in [0.29, 0.717) is 44.8 Å². The SMILES string of the molecule is CCCCN(C(=O)NCCN1CCN(C)CC1)C(=O)[C@@H]1C[C@@H]2CC3(CC[C@H]2N(C)C1)OCCO3. The van der Waals surface area contributed by atoms with Crippen LogP contribution in [0.5, 0.6) is 0 Å². The number of amides is 3. The average molecular weight is 480 g/mol. The van der Waals surface area contributed by atoms with Gasteiger partial charge in [-0.1, -0.05) is 13.3 Å². The van der Waals surface area contributed by atoms with E-state index in [1.54, 1.807) is 0 Å². The lowest BCUT2D eigenvalue weighted by Gasteiger charge is -2.49. The number of urea groups is 1. The number of nitrogens with one attached hydrogen (secondary N) is 1. The van der Waals surface area contributed by atoms with Crippen molar-refractivity contribution in [3.05, 3.63) is 0 Å². The van der Waals surface area contributed by atoms with Crippen LogP contribution in [0, 0.1) is 11.8 Å². The maximum Gasteiger partial charge on any atom is 0.324 e. The summed E-state index contributed by atoms with van der Waals surface area (Å²) in [4.78, 5) is 35.3. The quantitative estimate of drug-likeness (QED) is 0.592. The zero-order valence-corrected chi connectivity index (χ0v) is 21.5. The van der Waals surface area contributed by atoms with Crippen molar-refractivity contribution in [1.29, 1.82) is 0 Å². The van der Waals surface area contributed by atoms with Crippen molar-refractivity contribution in [3.63, 3.8) is 0 Å². The molecule has 0 radical (unpaired) electrons. The van der Waals surface area contributed by atoms with Crippen LogP contribution < -0.4 is 5.32 Å². The Hall–Kier alpha value is -1.26. The van der Waals surface area contributed by atoms with Gasteiger partial charge in [-0.25, -0.2) is 4.79 Å². The van der Waals surface area contributed by atoms with E-state index in [2.05, 4.69) is 41.0 Å². The highest BCUT2D eigenvalue weighted by Crippen LogP contribution is 2.45. The van der Waals surface area contributed by atoms with Gasteiger partial charge in [0, 0.05) is 71.2 Å². The van der Waals surface area contributed by atoms with E-state index < -0.39 is 5.79 Å². The number of likely N-dealkylation sites (N-methyl/N-ethyl adjacent to an activating group) is 1. The van der Waals surface area contributed by atoms with Crippen molar-refractivity contribution in [2.45, 2.75) is 57.3 Å². The molecule has 194 valence electrons. The second-order valence-corrected chi connectivity index (χ2v) is 10.8. The van der Waals surface area contributed by atoms with E-state index in [1.165, 1.54) is 4.90 Å². The largest absolute Gasteiger partial charge is 0.348 e. The van der Waals surface area contributed by atoms with Gasteiger partial charge in [0.15, 0.2) is 5.79 Å². The maximum atomic E-state index is 13.6. The lowest BCUT2D eigenvalue weighted by atomic mass is 9.72. The minimum Gasteiger partial charge on any atom is -0.348 e. The summed E-state index contributed by atoms with van der Waals surface area (Å²) in [6.45, 7) is 10.2. The average Bonchev–Trinajstić information content (AvgIpc) is 3.27. The van der Waals surface area contributed by atoms with E-state index in [0.717, 1.165) is 71.2 Å². The number of hydrogen-bond donors (Lipinski definition) is 1. The molecule has 0 aromatic carbocycles. The maximum absolute atomic E-state index is 13.6. The van der Waals surface area contributed by atoms with E-state index in [9.17, 15) is 9.59 Å². The van der Waals surface area contributed by atoms with Gasteiger partial charge in [-0.3, -0.25) is 14.6 Å². The first kappa shape index (κ1) is 25.8. The molecule has 0 aromatic rings. The number of carbonyl (C=O) groups excluding carboxylic acids is 2. The predicted octanol–water partition coefficient (Wildman–Crippen LogP) is 1.44. The summed E-state index contributed by atoms with van der Waals surface area (Å²) in [6.07, 6.45) is 5.39. The second kappa shape index (κ2) is 11.6. The van der Waals surface area contributed by atoms with Crippen LogP contribution in [0.25, 0.3) is 0 Å². The zero-order valence-electron chi connectivity index (χ0n) is 21.5. The standard InChI is InChI=1S/C25H45N5O4/c1-4-5-9-30(24(32)26-8-10-29-13-11-27(2)12-14-29)23(31)21-17-20-18-25(33-15-16-34-25)7-6-22(20)28(3)19-21/h20-22H,4-19H2,1-3H3,(H,26,32)/t20-,21-,22-/m1/s1. The van der Waals surface area contributed by atoms with Crippen molar-refractivity contribution in [3.8, 4) is 0 Å². The molecule has 0 aromatic heterocycles. The summed E-state index contributed by atoms with van der Waals surface area (Å²) >= 11 is 0. The van der Waals surface area contributed by atoms with Crippen LogP contribution >= 0.6 is 0 Å². The molecule has 3 aliphatic heterocycles. The summed E-state index contributed by atoms with van der Waals surface area (Å²) in [5.41, 5.74) is 0. The molecule has 4 rings (SSSR count). The van der Waals surface area contributed by atoms with Crippen LogP contribution in [-0.4, -0.2) is 123 Å². The highest BCUT2D eigenvalue weighted by Gasteiger charge is 2.49. The fourth-order valence-electron chi connectivity index (χ4n) is 6.26. The second-order valence-electron chi connectivity index (χ2n) is 10.8. The van der Waals surface area contributed by atoms with Crippen molar-refractivity contribution in [1.82, 2.24) is 24.9 Å². The predicted molar refractivity (Wildman–Crippen MR) is 130 cm³/mol. The van der Waals surface area contributed by atoms with Crippen LogP contribution in [0.3, 0.4) is 0 Å². The lowest BCUT2D eigenvalue weighted by molar-refractivity contribution is -0.202. The number of piperidine rings is 1. The van der Waals surface area contributed by atoms with Gasteiger partial charge in [-0.2, -0.15) is 0 Å². The number of unbranched alkanes of at least 4 members (excludes halogenated alkanes) is 1. The van der Waals surface area contributed by atoms with Gasteiger partial charge in [0.05, 0.1) is 19.1 Å². The number of fused-ring (bicyclic) bond motifs is 1. The highest BCUT2D eigenvalue weighted by atomic mass is 16.7. The molecular weight excluding hydrogens is 434 g/mol. The molecule has 0 bridgehead atoms. The van der Waals surface area contributed by atoms with Gasteiger partial charge in [-0.05, 0) is 39.3 Å². The van der Waals surface area contributed by atoms with Crippen LogP contribution in [0.15, 0.2) is 0 Å². The molecule has 3 atom stereocenters.